The third-order valence-corrected chi connectivity index (χ3v) is 3.49. The van der Waals surface area contributed by atoms with Crippen molar-refractivity contribution in [3.8, 4) is 0 Å². The number of benzene rings is 1. The maximum atomic E-state index is 11.5. The fourth-order valence-electron chi connectivity index (χ4n) is 2.53. The Balaban J connectivity index is 2.42. The number of piperidine rings is 1. The van der Waals surface area contributed by atoms with Crippen molar-refractivity contribution >= 4 is 23.6 Å². The summed E-state index contributed by atoms with van der Waals surface area (Å²) < 4.78 is 0. The van der Waals surface area contributed by atoms with Crippen LogP contribution in [0.2, 0.25) is 0 Å². The third kappa shape index (κ3) is 2.61. The van der Waals surface area contributed by atoms with Crippen LogP contribution in [0.15, 0.2) is 18.2 Å². The van der Waals surface area contributed by atoms with E-state index >= 15 is 0 Å². The zero-order valence-corrected chi connectivity index (χ0v) is 10.8. The van der Waals surface area contributed by atoms with Gasteiger partial charge < -0.3 is 10.6 Å². The number of hydrogen-bond acceptors (Lipinski definition) is 5. The van der Waals surface area contributed by atoms with Crippen LogP contribution in [-0.4, -0.2) is 29.7 Å². The number of aldehydes is 1. The van der Waals surface area contributed by atoms with Crippen LogP contribution in [0.5, 0.6) is 0 Å². The van der Waals surface area contributed by atoms with Crippen LogP contribution in [0.1, 0.15) is 29.6 Å². The Labute approximate surface area is 115 Å². The van der Waals surface area contributed by atoms with E-state index in [2.05, 4.69) is 0 Å². The smallest absolute Gasteiger partial charge is 0.270 e. The number of nitrogens with zero attached hydrogens (tertiary/aromatic N) is 2. The van der Waals surface area contributed by atoms with E-state index in [1.807, 2.05) is 0 Å². The highest BCUT2D eigenvalue weighted by Crippen LogP contribution is 2.29. The molecule has 2 rings (SSSR count). The minimum absolute atomic E-state index is 0.150. The van der Waals surface area contributed by atoms with Crippen molar-refractivity contribution in [2.45, 2.75) is 25.3 Å². The molecule has 0 saturated carbocycles. The quantitative estimate of drug-likeness (QED) is 0.506. The Kier molecular flexibility index (Phi) is 3.97. The maximum absolute atomic E-state index is 11.5. The second-order valence-electron chi connectivity index (χ2n) is 4.73. The first-order valence-electron chi connectivity index (χ1n) is 6.34. The second-order valence-corrected chi connectivity index (χ2v) is 4.73. The Morgan fingerprint density at radius 1 is 1.45 bits per heavy atom. The van der Waals surface area contributed by atoms with Gasteiger partial charge >= 0.3 is 0 Å². The molecule has 20 heavy (non-hydrogen) atoms. The van der Waals surface area contributed by atoms with Gasteiger partial charge in [-0.2, -0.15) is 0 Å². The summed E-state index contributed by atoms with van der Waals surface area (Å²) >= 11 is 0. The van der Waals surface area contributed by atoms with Gasteiger partial charge in [0.15, 0.2) is 6.29 Å². The van der Waals surface area contributed by atoms with Gasteiger partial charge in [0.25, 0.3) is 5.69 Å². The average Bonchev–Trinajstić information content (AvgIpc) is 2.46. The summed E-state index contributed by atoms with van der Waals surface area (Å²) in [7, 11) is 0. The molecule has 2 N–H and O–H groups in total. The molecule has 1 fully saturated rings. The van der Waals surface area contributed by atoms with Gasteiger partial charge in [0.05, 0.1) is 4.92 Å². The molecule has 1 heterocycles. The molecule has 0 radical (unpaired) electrons. The second kappa shape index (κ2) is 5.68. The van der Waals surface area contributed by atoms with Crippen molar-refractivity contribution in [2.75, 3.05) is 11.4 Å². The minimum Gasteiger partial charge on any atom is -0.368 e. The van der Waals surface area contributed by atoms with Gasteiger partial charge in [-0.25, -0.2) is 0 Å². The zero-order valence-electron chi connectivity index (χ0n) is 10.8. The highest BCUT2D eigenvalue weighted by atomic mass is 16.6. The lowest BCUT2D eigenvalue weighted by atomic mass is 9.99. The van der Waals surface area contributed by atoms with Crippen molar-refractivity contribution in [2.24, 2.45) is 5.73 Å². The summed E-state index contributed by atoms with van der Waals surface area (Å²) in [5.74, 6) is -0.445. The summed E-state index contributed by atoms with van der Waals surface area (Å²) in [6, 6.07) is 3.58. The molecule has 7 heteroatoms. The van der Waals surface area contributed by atoms with Crippen LogP contribution in [0, 0.1) is 10.1 Å². The number of amides is 1. The lowest BCUT2D eigenvalue weighted by Crippen LogP contribution is -2.48. The third-order valence-electron chi connectivity index (χ3n) is 3.49. The number of nitro groups is 1. The SMILES string of the molecule is NC(=O)C1CCCCN1c1ccc([N+](=O)[O-])cc1C=O. The van der Waals surface area contributed by atoms with Gasteiger partial charge in [-0.05, 0) is 25.3 Å². The van der Waals surface area contributed by atoms with Gasteiger partial charge in [0.1, 0.15) is 6.04 Å². The molecule has 1 amide bonds. The highest BCUT2D eigenvalue weighted by molar-refractivity contribution is 5.90. The van der Waals surface area contributed by atoms with Gasteiger partial charge in [-0.1, -0.05) is 0 Å². The summed E-state index contributed by atoms with van der Waals surface area (Å²) in [6.07, 6.45) is 2.98. The predicted molar refractivity (Wildman–Crippen MR) is 72.7 cm³/mol. The molecule has 1 aliphatic heterocycles. The van der Waals surface area contributed by atoms with Gasteiger partial charge in [-0.15, -0.1) is 0 Å². The zero-order chi connectivity index (χ0) is 14.7. The largest absolute Gasteiger partial charge is 0.368 e. The Hall–Kier alpha value is -2.44. The van der Waals surface area contributed by atoms with E-state index in [9.17, 15) is 19.7 Å². The van der Waals surface area contributed by atoms with Crippen LogP contribution in [0.4, 0.5) is 11.4 Å². The first kappa shape index (κ1) is 14.0. The standard InChI is InChI=1S/C13H15N3O4/c14-13(18)12-3-1-2-6-15(12)11-5-4-10(16(19)20)7-9(11)8-17/h4-5,7-8,12H,1-3,6H2,(H2,14,18). The first-order valence-corrected chi connectivity index (χ1v) is 6.34. The number of carbonyl (C=O) groups excluding carboxylic acids is 2. The number of anilines is 1. The van der Waals surface area contributed by atoms with Crippen molar-refractivity contribution in [3.63, 3.8) is 0 Å². The van der Waals surface area contributed by atoms with Gasteiger partial charge in [-0.3, -0.25) is 19.7 Å². The summed E-state index contributed by atoms with van der Waals surface area (Å²) in [6.45, 7) is 0.603. The Morgan fingerprint density at radius 3 is 2.80 bits per heavy atom. The van der Waals surface area contributed by atoms with E-state index in [0.717, 1.165) is 12.8 Å². The van der Waals surface area contributed by atoms with E-state index in [1.54, 1.807) is 4.90 Å². The highest BCUT2D eigenvalue weighted by Gasteiger charge is 2.29. The molecular weight excluding hydrogens is 262 g/mol. The van der Waals surface area contributed by atoms with Crippen LogP contribution in [-0.2, 0) is 4.79 Å². The van der Waals surface area contributed by atoms with Crippen LogP contribution >= 0.6 is 0 Å². The lowest BCUT2D eigenvalue weighted by molar-refractivity contribution is -0.384. The molecule has 106 valence electrons. The van der Waals surface area contributed by atoms with Crippen LogP contribution in [0.3, 0.4) is 0 Å². The molecule has 1 unspecified atom stereocenters. The topological polar surface area (TPSA) is 107 Å². The Bertz CT molecular complexity index is 559. The summed E-state index contributed by atoms with van der Waals surface area (Å²) in [4.78, 5) is 34.6. The number of non-ortho nitro benzene ring substituents is 1. The fourth-order valence-corrected chi connectivity index (χ4v) is 2.53. The van der Waals surface area contributed by atoms with Crippen molar-refractivity contribution in [1.29, 1.82) is 0 Å². The van der Waals surface area contributed by atoms with E-state index < -0.39 is 16.9 Å². The van der Waals surface area contributed by atoms with Crippen molar-refractivity contribution < 1.29 is 14.5 Å². The summed E-state index contributed by atoms with van der Waals surface area (Å²) in [5, 5.41) is 10.7. The van der Waals surface area contributed by atoms with E-state index in [-0.39, 0.29) is 11.3 Å². The van der Waals surface area contributed by atoms with Gasteiger partial charge in [0, 0.05) is 29.9 Å². The first-order chi connectivity index (χ1) is 9.54. The monoisotopic (exact) mass is 277 g/mol. The number of nitro benzene ring substituents is 1. The van der Waals surface area contributed by atoms with E-state index in [1.165, 1.54) is 18.2 Å². The molecule has 1 aromatic rings. The molecule has 1 atom stereocenters. The molecule has 1 aliphatic rings. The predicted octanol–water partition coefficient (Wildman–Crippen LogP) is 1.25. The number of primary amides is 1. The lowest BCUT2D eigenvalue weighted by Gasteiger charge is -2.36. The number of hydrogen-bond donors (Lipinski definition) is 1. The molecular formula is C13H15N3O4. The van der Waals surface area contributed by atoms with Crippen molar-refractivity contribution in [1.82, 2.24) is 0 Å². The molecule has 7 nitrogen and oxygen atoms in total. The number of nitrogens with two attached hydrogens (primary N) is 1. The fraction of sp³-hybridized carbons (Fsp3) is 0.385. The van der Waals surface area contributed by atoms with E-state index in [4.69, 9.17) is 5.73 Å². The molecule has 0 aromatic heterocycles. The van der Waals surface area contributed by atoms with E-state index in [0.29, 0.717) is 24.9 Å². The molecule has 1 aromatic carbocycles. The molecule has 0 bridgehead atoms. The Morgan fingerprint density at radius 2 is 2.20 bits per heavy atom. The number of carbonyl (C=O) groups is 2. The molecule has 1 saturated heterocycles. The minimum atomic E-state index is -0.557. The van der Waals surface area contributed by atoms with Crippen LogP contribution < -0.4 is 10.6 Å². The van der Waals surface area contributed by atoms with Crippen LogP contribution in [0.25, 0.3) is 0 Å². The average molecular weight is 277 g/mol. The summed E-state index contributed by atoms with van der Waals surface area (Å²) in [5.41, 5.74) is 5.96. The molecule has 0 spiro atoms. The molecule has 0 aliphatic carbocycles. The number of rotatable bonds is 4. The van der Waals surface area contributed by atoms with Crippen molar-refractivity contribution in [3.05, 3.63) is 33.9 Å². The maximum Gasteiger partial charge on any atom is 0.270 e. The van der Waals surface area contributed by atoms with Gasteiger partial charge in [0.2, 0.25) is 5.91 Å². The normalized spacial score (nSPS) is 18.6.